The number of anilines is 1. The van der Waals surface area contributed by atoms with Gasteiger partial charge in [-0.2, -0.15) is 0 Å². The number of nitrogens with one attached hydrogen (secondary N) is 1. The number of ether oxygens (including phenoxy) is 1. The van der Waals surface area contributed by atoms with Crippen LogP contribution in [-0.4, -0.2) is 12.2 Å². The molecule has 0 heterocycles. The van der Waals surface area contributed by atoms with Crippen molar-refractivity contribution in [1.82, 2.24) is 0 Å². The minimum absolute atomic E-state index is 0.0281. The Bertz CT molecular complexity index is 617. The number of phenolic OH excluding ortho intramolecular Hbond substituents is 1. The van der Waals surface area contributed by atoms with Crippen LogP contribution in [0.1, 0.15) is 18.5 Å². The van der Waals surface area contributed by atoms with Crippen molar-refractivity contribution in [2.24, 2.45) is 0 Å². The van der Waals surface area contributed by atoms with Crippen molar-refractivity contribution in [3.63, 3.8) is 0 Å². The Labute approximate surface area is 115 Å². The van der Waals surface area contributed by atoms with Crippen LogP contribution in [0.2, 0.25) is 0 Å². The average Bonchev–Trinajstić information content (AvgIpc) is 2.43. The van der Waals surface area contributed by atoms with Crippen LogP contribution in [0.4, 0.5) is 14.5 Å². The zero-order valence-corrected chi connectivity index (χ0v) is 11.2. The number of aromatic hydroxyl groups is 1. The van der Waals surface area contributed by atoms with E-state index in [2.05, 4.69) is 5.32 Å². The Balaban J connectivity index is 2.23. The molecule has 0 saturated carbocycles. The summed E-state index contributed by atoms with van der Waals surface area (Å²) in [5.41, 5.74) is 0.868. The summed E-state index contributed by atoms with van der Waals surface area (Å²) in [6, 6.07) is 7.78. The van der Waals surface area contributed by atoms with Gasteiger partial charge in [0.15, 0.2) is 11.5 Å². The van der Waals surface area contributed by atoms with Gasteiger partial charge in [0, 0.05) is 6.04 Å². The molecule has 0 aliphatic carbocycles. The molecular weight excluding hydrogens is 264 g/mol. The van der Waals surface area contributed by atoms with Crippen LogP contribution in [0.3, 0.4) is 0 Å². The van der Waals surface area contributed by atoms with Gasteiger partial charge in [-0.25, -0.2) is 8.78 Å². The van der Waals surface area contributed by atoms with Crippen LogP contribution in [-0.2, 0) is 0 Å². The molecular formula is C15H15F2NO2. The largest absolute Gasteiger partial charge is 0.504 e. The van der Waals surface area contributed by atoms with E-state index in [-0.39, 0.29) is 17.5 Å². The average molecular weight is 279 g/mol. The zero-order valence-electron chi connectivity index (χ0n) is 11.2. The van der Waals surface area contributed by atoms with Crippen molar-refractivity contribution in [1.29, 1.82) is 0 Å². The summed E-state index contributed by atoms with van der Waals surface area (Å²) in [5, 5.41) is 12.4. The fourth-order valence-corrected chi connectivity index (χ4v) is 1.89. The summed E-state index contributed by atoms with van der Waals surface area (Å²) in [4.78, 5) is 0. The van der Waals surface area contributed by atoms with Crippen LogP contribution in [0.15, 0.2) is 36.4 Å². The second kappa shape index (κ2) is 5.77. The normalized spacial score (nSPS) is 12.0. The molecule has 0 aliphatic rings. The SMILES string of the molecule is COc1cc(C(C)Nc2cc(F)ccc2F)ccc1O. The summed E-state index contributed by atoms with van der Waals surface area (Å²) >= 11 is 0. The molecule has 1 atom stereocenters. The maximum absolute atomic E-state index is 13.6. The van der Waals surface area contributed by atoms with E-state index in [9.17, 15) is 13.9 Å². The Hall–Kier alpha value is -2.30. The number of hydrogen-bond donors (Lipinski definition) is 2. The highest BCUT2D eigenvalue weighted by atomic mass is 19.1. The first kappa shape index (κ1) is 14.1. The lowest BCUT2D eigenvalue weighted by Gasteiger charge is -2.17. The first-order chi connectivity index (χ1) is 9.51. The third-order valence-electron chi connectivity index (χ3n) is 3.00. The number of halogens is 2. The summed E-state index contributed by atoms with van der Waals surface area (Å²) in [7, 11) is 1.45. The molecule has 0 bridgehead atoms. The lowest BCUT2D eigenvalue weighted by molar-refractivity contribution is 0.373. The van der Waals surface area contributed by atoms with Gasteiger partial charge in [-0.05, 0) is 42.8 Å². The Morgan fingerprint density at radius 2 is 1.90 bits per heavy atom. The van der Waals surface area contributed by atoms with Gasteiger partial charge in [-0.1, -0.05) is 6.07 Å². The summed E-state index contributed by atoms with van der Waals surface area (Å²) in [5.74, 6) is -0.676. The summed E-state index contributed by atoms with van der Waals surface area (Å²) in [6.07, 6.45) is 0. The molecule has 1 unspecified atom stereocenters. The molecule has 0 radical (unpaired) electrons. The molecule has 0 saturated heterocycles. The van der Waals surface area contributed by atoms with Gasteiger partial charge in [-0.3, -0.25) is 0 Å². The van der Waals surface area contributed by atoms with E-state index < -0.39 is 11.6 Å². The number of benzene rings is 2. The second-order valence-corrected chi connectivity index (χ2v) is 4.42. The molecule has 0 aromatic heterocycles. The molecule has 0 amide bonds. The monoisotopic (exact) mass is 279 g/mol. The van der Waals surface area contributed by atoms with Gasteiger partial charge in [-0.15, -0.1) is 0 Å². The topological polar surface area (TPSA) is 41.5 Å². The second-order valence-electron chi connectivity index (χ2n) is 4.42. The lowest BCUT2D eigenvalue weighted by Crippen LogP contribution is -2.08. The predicted molar refractivity (Wildman–Crippen MR) is 73.1 cm³/mol. The van der Waals surface area contributed by atoms with E-state index in [0.717, 1.165) is 23.8 Å². The van der Waals surface area contributed by atoms with Crippen molar-refractivity contribution in [3.8, 4) is 11.5 Å². The minimum atomic E-state index is -0.524. The van der Waals surface area contributed by atoms with Gasteiger partial charge < -0.3 is 15.2 Å². The van der Waals surface area contributed by atoms with Crippen LogP contribution < -0.4 is 10.1 Å². The number of rotatable bonds is 4. The standard InChI is InChI=1S/C15H15F2NO2/c1-9(10-3-6-14(19)15(7-10)20-2)18-13-8-11(16)4-5-12(13)17/h3-9,18-19H,1-2H3. The molecule has 20 heavy (non-hydrogen) atoms. The predicted octanol–water partition coefficient (Wildman–Crippen LogP) is 3.85. The minimum Gasteiger partial charge on any atom is -0.504 e. The molecule has 2 rings (SSSR count). The lowest BCUT2D eigenvalue weighted by atomic mass is 10.1. The van der Waals surface area contributed by atoms with Gasteiger partial charge in [0.25, 0.3) is 0 Å². The van der Waals surface area contributed by atoms with E-state index in [1.807, 2.05) is 0 Å². The maximum atomic E-state index is 13.6. The first-order valence-electron chi connectivity index (χ1n) is 6.09. The van der Waals surface area contributed by atoms with Crippen molar-refractivity contribution in [2.75, 3.05) is 12.4 Å². The van der Waals surface area contributed by atoms with Crippen molar-refractivity contribution in [3.05, 3.63) is 53.6 Å². The third kappa shape index (κ3) is 2.99. The highest BCUT2D eigenvalue weighted by Crippen LogP contribution is 2.30. The number of hydrogen-bond acceptors (Lipinski definition) is 3. The van der Waals surface area contributed by atoms with Crippen LogP contribution in [0.25, 0.3) is 0 Å². The summed E-state index contributed by atoms with van der Waals surface area (Å²) in [6.45, 7) is 1.80. The van der Waals surface area contributed by atoms with E-state index in [4.69, 9.17) is 4.74 Å². The number of phenols is 1. The van der Waals surface area contributed by atoms with Gasteiger partial charge in [0.1, 0.15) is 11.6 Å². The van der Waals surface area contributed by atoms with Crippen LogP contribution >= 0.6 is 0 Å². The molecule has 0 fully saturated rings. The number of methoxy groups -OCH3 is 1. The molecule has 3 nitrogen and oxygen atoms in total. The molecule has 0 spiro atoms. The smallest absolute Gasteiger partial charge is 0.160 e. The highest BCUT2D eigenvalue weighted by Gasteiger charge is 2.12. The molecule has 2 aromatic rings. The molecule has 2 aromatic carbocycles. The van der Waals surface area contributed by atoms with Crippen molar-refractivity contribution < 1.29 is 18.6 Å². The quantitative estimate of drug-likeness (QED) is 0.893. The third-order valence-corrected chi connectivity index (χ3v) is 3.00. The fourth-order valence-electron chi connectivity index (χ4n) is 1.89. The molecule has 2 N–H and O–H groups in total. The highest BCUT2D eigenvalue weighted by molar-refractivity contribution is 5.49. The van der Waals surface area contributed by atoms with Gasteiger partial charge >= 0.3 is 0 Å². The zero-order chi connectivity index (χ0) is 14.7. The molecule has 5 heteroatoms. The van der Waals surface area contributed by atoms with Gasteiger partial charge in [0.05, 0.1) is 12.8 Å². The van der Waals surface area contributed by atoms with E-state index >= 15 is 0 Å². The van der Waals surface area contributed by atoms with Crippen molar-refractivity contribution in [2.45, 2.75) is 13.0 Å². The van der Waals surface area contributed by atoms with Gasteiger partial charge in [0.2, 0.25) is 0 Å². The maximum Gasteiger partial charge on any atom is 0.160 e. The summed E-state index contributed by atoms with van der Waals surface area (Å²) < 4.78 is 31.7. The van der Waals surface area contributed by atoms with E-state index in [1.165, 1.54) is 13.2 Å². The fraction of sp³-hybridized carbons (Fsp3) is 0.200. The van der Waals surface area contributed by atoms with Crippen molar-refractivity contribution >= 4 is 5.69 Å². The van der Waals surface area contributed by atoms with E-state index in [1.54, 1.807) is 19.1 Å². The van der Waals surface area contributed by atoms with Crippen LogP contribution in [0.5, 0.6) is 11.5 Å². The first-order valence-corrected chi connectivity index (χ1v) is 6.09. The van der Waals surface area contributed by atoms with Crippen LogP contribution in [0, 0.1) is 11.6 Å². The molecule has 0 aliphatic heterocycles. The Kier molecular flexibility index (Phi) is 4.08. The Morgan fingerprint density at radius 3 is 2.60 bits per heavy atom. The Morgan fingerprint density at radius 1 is 1.15 bits per heavy atom. The molecule has 106 valence electrons. The van der Waals surface area contributed by atoms with E-state index in [0.29, 0.717) is 5.75 Å².